The molecular weight excluding hydrogens is 623 g/mol. The Labute approximate surface area is 244 Å². The van der Waals surface area contributed by atoms with Gasteiger partial charge in [0.15, 0.2) is 0 Å². The lowest BCUT2D eigenvalue weighted by molar-refractivity contribution is -0.126. The number of alkyl halides is 3. The first-order chi connectivity index (χ1) is 20.3. The van der Waals surface area contributed by atoms with Crippen LogP contribution in [0.4, 0.5) is 22.0 Å². The smallest absolute Gasteiger partial charge is 0.490 e. The Kier molecular flexibility index (Phi) is 8.15. The number of benzene rings is 1. The molecule has 4 aromatic rings. The van der Waals surface area contributed by atoms with E-state index in [1.807, 2.05) is 0 Å². The van der Waals surface area contributed by atoms with Gasteiger partial charge in [0.05, 0.1) is 28.8 Å². The van der Waals surface area contributed by atoms with Crippen LogP contribution < -0.4 is 8.92 Å². The van der Waals surface area contributed by atoms with E-state index in [-0.39, 0.29) is 64.0 Å². The van der Waals surface area contributed by atoms with Crippen molar-refractivity contribution in [3.05, 3.63) is 59.6 Å². The first-order valence-corrected chi connectivity index (χ1v) is 14.8. The van der Waals surface area contributed by atoms with E-state index in [1.165, 1.54) is 28.3 Å². The molecule has 0 saturated heterocycles. The van der Waals surface area contributed by atoms with Crippen molar-refractivity contribution < 1.29 is 49.2 Å². The van der Waals surface area contributed by atoms with E-state index in [1.54, 1.807) is 4.90 Å². The van der Waals surface area contributed by atoms with E-state index in [0.717, 1.165) is 17.4 Å². The molecule has 0 atom stereocenters. The molecule has 0 radical (unpaired) electrons. The number of carbonyl (C=O) groups excluding carboxylic acids is 1. The molecule has 0 aliphatic carbocycles. The molecule has 1 N–H and O–H groups in total. The minimum Gasteiger partial charge on any atom is -0.490 e. The van der Waals surface area contributed by atoms with Crippen molar-refractivity contribution in [2.75, 3.05) is 26.3 Å². The Balaban J connectivity index is 1.76. The second-order valence-electron chi connectivity index (χ2n) is 9.14. The highest BCUT2D eigenvalue weighted by Gasteiger charge is 2.49. The molecule has 1 aliphatic rings. The summed E-state index contributed by atoms with van der Waals surface area (Å²) in [4.78, 5) is 17.8. The third-order valence-electron chi connectivity index (χ3n) is 6.47. The maximum absolute atomic E-state index is 15.6. The monoisotopic (exact) mass is 644 g/mol. The van der Waals surface area contributed by atoms with Crippen LogP contribution in [0.25, 0.3) is 32.6 Å². The highest BCUT2D eigenvalue weighted by Crippen LogP contribution is 2.47. The number of fused-ring (bicyclic) bond motifs is 2. The summed E-state index contributed by atoms with van der Waals surface area (Å²) >= 11 is 0.905. The summed E-state index contributed by atoms with van der Waals surface area (Å²) in [6, 6.07) is 4.19. The van der Waals surface area contributed by atoms with Crippen molar-refractivity contribution in [3.63, 3.8) is 0 Å². The van der Waals surface area contributed by atoms with Crippen LogP contribution in [0.1, 0.15) is 5.69 Å². The number of nitrogens with zero attached hydrogens (tertiary/aromatic N) is 4. The van der Waals surface area contributed by atoms with Crippen molar-refractivity contribution in [1.29, 1.82) is 0 Å². The number of hydrogen-bond donors (Lipinski definition) is 1. The van der Waals surface area contributed by atoms with Gasteiger partial charge in [-0.1, -0.05) is 6.58 Å². The third-order valence-corrected chi connectivity index (χ3v) is 8.35. The second kappa shape index (κ2) is 11.5. The molecule has 228 valence electrons. The molecule has 1 aliphatic heterocycles. The molecular formula is C26H21F5N4O6S2. The zero-order chi connectivity index (χ0) is 31.1. The average Bonchev–Trinajstić information content (AvgIpc) is 3.54. The summed E-state index contributed by atoms with van der Waals surface area (Å²) in [5.41, 5.74) is -5.87. The lowest BCUT2D eigenvalue weighted by atomic mass is 9.98. The van der Waals surface area contributed by atoms with Gasteiger partial charge < -0.3 is 18.9 Å². The first kappa shape index (κ1) is 30.4. The summed E-state index contributed by atoms with van der Waals surface area (Å²) in [6.45, 7) is 3.39. The number of ether oxygens (including phenoxy) is 1. The largest absolute Gasteiger partial charge is 0.534 e. The van der Waals surface area contributed by atoms with Gasteiger partial charge in [-0.3, -0.25) is 9.48 Å². The van der Waals surface area contributed by atoms with Crippen molar-refractivity contribution in [2.45, 2.75) is 18.5 Å². The minimum absolute atomic E-state index is 0.00915. The molecule has 0 spiro atoms. The molecule has 3 aromatic heterocycles. The fourth-order valence-electron chi connectivity index (χ4n) is 4.58. The van der Waals surface area contributed by atoms with E-state index in [4.69, 9.17) is 4.74 Å². The first-order valence-electron chi connectivity index (χ1n) is 12.5. The van der Waals surface area contributed by atoms with E-state index in [2.05, 4.69) is 20.8 Å². The highest BCUT2D eigenvalue weighted by atomic mass is 32.2. The molecule has 0 unspecified atom stereocenters. The third kappa shape index (κ3) is 5.79. The topological polar surface area (TPSA) is 124 Å². The normalized spacial score (nSPS) is 14.0. The van der Waals surface area contributed by atoms with E-state index < -0.39 is 39.7 Å². The van der Waals surface area contributed by atoms with Crippen LogP contribution in [0.5, 0.6) is 11.6 Å². The average molecular weight is 645 g/mol. The Hall–Kier alpha value is -4.09. The lowest BCUT2D eigenvalue weighted by Crippen LogP contribution is -2.32. The summed E-state index contributed by atoms with van der Waals surface area (Å²) in [5.74, 6) is -3.69. The molecule has 0 fully saturated rings. The number of carbonyl (C=O) groups is 1. The molecule has 0 bridgehead atoms. The van der Waals surface area contributed by atoms with Crippen molar-refractivity contribution in [2.24, 2.45) is 0 Å². The Bertz CT molecular complexity index is 1810. The summed E-state index contributed by atoms with van der Waals surface area (Å²) < 4.78 is 105. The Morgan fingerprint density at radius 3 is 2.63 bits per heavy atom. The van der Waals surface area contributed by atoms with Crippen LogP contribution in [-0.2, 0) is 27.9 Å². The fraction of sp³-hybridized carbons (Fsp3) is 0.269. The predicted molar refractivity (Wildman–Crippen MR) is 145 cm³/mol. The minimum atomic E-state index is -6.16. The number of aliphatic hydroxyl groups excluding tert-OH is 1. The Morgan fingerprint density at radius 1 is 1.16 bits per heavy atom. The summed E-state index contributed by atoms with van der Waals surface area (Å²) in [7, 11) is -6.16. The Morgan fingerprint density at radius 2 is 1.93 bits per heavy atom. The van der Waals surface area contributed by atoms with Gasteiger partial charge >= 0.3 is 15.6 Å². The van der Waals surface area contributed by atoms with E-state index in [9.17, 15) is 35.9 Å². The molecule has 0 saturated carbocycles. The van der Waals surface area contributed by atoms with Gasteiger partial charge in [0.1, 0.15) is 35.4 Å². The molecule has 5 rings (SSSR count). The fourth-order valence-corrected chi connectivity index (χ4v) is 5.95. The van der Waals surface area contributed by atoms with Crippen LogP contribution in [-0.4, -0.2) is 70.9 Å². The summed E-state index contributed by atoms with van der Waals surface area (Å²) in [6.07, 6.45) is 1.49. The van der Waals surface area contributed by atoms with Crippen LogP contribution >= 0.6 is 11.3 Å². The van der Waals surface area contributed by atoms with Gasteiger partial charge in [-0.25, -0.2) is 13.8 Å². The van der Waals surface area contributed by atoms with Gasteiger partial charge in [-0.15, -0.1) is 11.3 Å². The van der Waals surface area contributed by atoms with Gasteiger partial charge in [-0.05, 0) is 23.6 Å². The van der Waals surface area contributed by atoms with Gasteiger partial charge in [-0.2, -0.15) is 26.7 Å². The zero-order valence-corrected chi connectivity index (χ0v) is 23.5. The number of thiophene rings is 1. The predicted octanol–water partition coefficient (Wildman–Crippen LogP) is 4.28. The van der Waals surface area contributed by atoms with Crippen LogP contribution in [0.3, 0.4) is 0 Å². The molecule has 10 nitrogen and oxygen atoms in total. The van der Waals surface area contributed by atoms with Gasteiger partial charge in [0.25, 0.3) is 0 Å². The number of aliphatic hydroxyl groups is 1. The maximum Gasteiger partial charge on any atom is 0.534 e. The number of hydrogen-bond acceptors (Lipinski definition) is 9. The number of amides is 1. The van der Waals surface area contributed by atoms with Crippen molar-refractivity contribution >= 4 is 37.4 Å². The molecule has 43 heavy (non-hydrogen) atoms. The van der Waals surface area contributed by atoms with Crippen LogP contribution in [0, 0.1) is 11.6 Å². The molecule has 17 heteroatoms. The maximum atomic E-state index is 15.6. The molecule has 1 amide bonds. The van der Waals surface area contributed by atoms with Crippen molar-refractivity contribution in [1.82, 2.24) is 19.7 Å². The SMILES string of the molecule is C=CC(=O)N1CCc2cc(-c3nc(OS(=O)(=O)C(F)(F)F)c4ccsc4c3-c3c(F)cc(F)cc3OCCO)nn2CC1. The van der Waals surface area contributed by atoms with Gasteiger partial charge in [0, 0.05) is 42.9 Å². The zero-order valence-electron chi connectivity index (χ0n) is 21.9. The van der Waals surface area contributed by atoms with Crippen LogP contribution in [0.2, 0.25) is 0 Å². The number of rotatable bonds is 8. The summed E-state index contributed by atoms with van der Waals surface area (Å²) in [5, 5.41) is 15.0. The lowest BCUT2D eigenvalue weighted by Gasteiger charge is -2.18. The molecule has 4 heterocycles. The van der Waals surface area contributed by atoms with Gasteiger partial charge in [0.2, 0.25) is 11.8 Å². The second-order valence-corrected chi connectivity index (χ2v) is 11.6. The standard InChI is InChI=1S/C26H21F5N4O6S2/c1-2-20(37)34-5-3-15-13-18(33-35(15)7-6-34)23-22(21-17(28)11-14(27)12-19(21)40-9-8-36)24-16(4-10-42-24)25(32-23)41-43(38,39)26(29,30)31/h2,4,10-13,36H,1,3,5-9H2. The van der Waals surface area contributed by atoms with Crippen LogP contribution in [0.15, 0.2) is 42.3 Å². The highest BCUT2D eigenvalue weighted by molar-refractivity contribution is 7.88. The van der Waals surface area contributed by atoms with Crippen molar-refractivity contribution in [3.8, 4) is 34.1 Å². The van der Waals surface area contributed by atoms with E-state index in [0.29, 0.717) is 24.7 Å². The quantitative estimate of drug-likeness (QED) is 0.131. The number of aromatic nitrogens is 3. The number of halogens is 5. The number of pyridine rings is 1. The van der Waals surface area contributed by atoms with E-state index >= 15 is 4.39 Å². The molecule has 1 aromatic carbocycles.